The van der Waals surface area contributed by atoms with Crippen LogP contribution in [0, 0.1) is 5.82 Å². The largest absolute Gasteiger partial charge is 0.385 e. The molecule has 19 nitrogen and oxygen atoms in total. The number of H-pyrrole nitrogens is 1. The highest BCUT2D eigenvalue weighted by molar-refractivity contribution is 6.28. The number of aliphatic hydroxyl groups excluding tert-OH is 1. The van der Waals surface area contributed by atoms with Crippen LogP contribution in [0.3, 0.4) is 0 Å². The molecule has 0 saturated carbocycles. The number of nitrogens with two attached hydrogens (primary N) is 2. The Labute approximate surface area is 296 Å². The molecule has 0 aliphatic carbocycles. The average Bonchev–Trinajstić information content (AvgIpc) is 3.62. The molecular weight excluding hydrogens is 689 g/mol. The number of nitrogen functional groups attached to an aromatic ring is 2. The lowest BCUT2D eigenvalue weighted by molar-refractivity contribution is 0.184. The SMILES string of the molecule is CC(C)n1cc(F)c(=O)[nH]c1=O.CC(C)n1cnc(N)nc1=O.CC(C)n1cnc2c(N)nc(Cl)nc21.CC(C)n1cnc2c1NC=NC[C@H]2O. The summed E-state index contributed by atoms with van der Waals surface area (Å²) in [6, 6.07) is 0.495. The fourth-order valence-corrected chi connectivity index (χ4v) is 4.52. The third-order valence-corrected chi connectivity index (χ3v) is 7.19. The molecule has 5 aromatic heterocycles. The molecule has 0 bridgehead atoms. The van der Waals surface area contributed by atoms with E-state index in [9.17, 15) is 23.9 Å². The number of imidazole rings is 2. The first-order valence-corrected chi connectivity index (χ1v) is 16.2. The fourth-order valence-electron chi connectivity index (χ4n) is 4.35. The minimum atomic E-state index is -0.975. The molecule has 51 heavy (non-hydrogen) atoms. The van der Waals surface area contributed by atoms with Crippen molar-refractivity contribution >= 4 is 46.7 Å². The summed E-state index contributed by atoms with van der Waals surface area (Å²) in [4.78, 5) is 61.8. The van der Waals surface area contributed by atoms with Crippen molar-refractivity contribution in [1.82, 2.24) is 53.2 Å². The molecule has 5 aromatic rings. The summed E-state index contributed by atoms with van der Waals surface area (Å²) in [5.41, 5.74) is 10.9. The van der Waals surface area contributed by atoms with E-state index in [1.807, 2.05) is 41.8 Å². The minimum absolute atomic E-state index is 0.0203. The maximum Gasteiger partial charge on any atom is 0.352 e. The van der Waals surface area contributed by atoms with Crippen LogP contribution in [0.4, 0.5) is 22.0 Å². The van der Waals surface area contributed by atoms with E-state index in [1.54, 1.807) is 32.8 Å². The molecular formula is C30H43ClFN15O4. The molecule has 0 spiro atoms. The van der Waals surface area contributed by atoms with E-state index in [0.717, 1.165) is 16.6 Å². The van der Waals surface area contributed by atoms with Gasteiger partial charge in [-0.25, -0.2) is 24.5 Å². The van der Waals surface area contributed by atoms with Crippen LogP contribution in [0.2, 0.25) is 5.28 Å². The van der Waals surface area contributed by atoms with Crippen LogP contribution in [-0.2, 0) is 0 Å². The first-order chi connectivity index (χ1) is 23.9. The van der Waals surface area contributed by atoms with E-state index in [2.05, 4.69) is 54.1 Å². The molecule has 0 unspecified atom stereocenters. The highest BCUT2D eigenvalue weighted by Gasteiger charge is 2.20. The zero-order chi connectivity index (χ0) is 38.2. The van der Waals surface area contributed by atoms with Gasteiger partial charge < -0.3 is 31.0 Å². The number of hydrogen-bond donors (Lipinski definition) is 5. The van der Waals surface area contributed by atoms with Gasteiger partial charge in [0.2, 0.25) is 17.0 Å². The van der Waals surface area contributed by atoms with Crippen molar-refractivity contribution in [2.24, 2.45) is 4.99 Å². The van der Waals surface area contributed by atoms with E-state index in [0.29, 0.717) is 35.3 Å². The predicted octanol–water partition coefficient (Wildman–Crippen LogP) is 2.65. The molecule has 0 radical (unpaired) electrons. The highest BCUT2D eigenvalue weighted by atomic mass is 35.5. The molecule has 0 fully saturated rings. The Kier molecular flexibility index (Phi) is 13.7. The van der Waals surface area contributed by atoms with Gasteiger partial charge in [-0.05, 0) is 67.0 Å². The number of fused-ring (bicyclic) bond motifs is 2. The van der Waals surface area contributed by atoms with Crippen LogP contribution >= 0.6 is 11.6 Å². The van der Waals surface area contributed by atoms with Crippen molar-refractivity contribution in [2.45, 2.75) is 85.7 Å². The normalized spacial score (nSPS) is 13.5. The lowest BCUT2D eigenvalue weighted by Crippen LogP contribution is -2.32. The zero-order valence-electron chi connectivity index (χ0n) is 29.5. The molecule has 0 saturated heterocycles. The van der Waals surface area contributed by atoms with E-state index < -0.39 is 23.2 Å². The number of nitrogens with one attached hydrogen (secondary N) is 2. The number of rotatable bonds is 4. The van der Waals surface area contributed by atoms with Crippen molar-refractivity contribution in [3.63, 3.8) is 0 Å². The minimum Gasteiger partial charge on any atom is -0.385 e. The average molecular weight is 732 g/mol. The smallest absolute Gasteiger partial charge is 0.352 e. The number of aromatic amines is 1. The second-order valence-electron chi connectivity index (χ2n) is 12.2. The number of nitrogens with zero attached hydrogens (tertiary/aromatic N) is 11. The third-order valence-electron chi connectivity index (χ3n) is 7.02. The van der Waals surface area contributed by atoms with Crippen LogP contribution in [0.5, 0.6) is 0 Å². The Morgan fingerprint density at radius 3 is 2.02 bits per heavy atom. The van der Waals surface area contributed by atoms with Gasteiger partial charge in [0.1, 0.15) is 29.5 Å². The molecule has 21 heteroatoms. The van der Waals surface area contributed by atoms with Crippen molar-refractivity contribution in [2.75, 3.05) is 23.3 Å². The Balaban J connectivity index is 0.000000185. The lowest BCUT2D eigenvalue weighted by atomic mass is 10.2. The summed E-state index contributed by atoms with van der Waals surface area (Å²) in [6.07, 6.45) is 6.74. The number of aliphatic imine (C=N–C) groups is 1. The van der Waals surface area contributed by atoms with Gasteiger partial charge in [-0.1, -0.05) is 0 Å². The Morgan fingerprint density at radius 1 is 0.843 bits per heavy atom. The Morgan fingerprint density at radius 2 is 1.43 bits per heavy atom. The number of aromatic nitrogens is 11. The highest BCUT2D eigenvalue weighted by Crippen LogP contribution is 2.26. The van der Waals surface area contributed by atoms with Gasteiger partial charge in [-0.3, -0.25) is 23.9 Å². The van der Waals surface area contributed by atoms with Crippen molar-refractivity contribution in [3.8, 4) is 0 Å². The van der Waals surface area contributed by atoms with Crippen molar-refractivity contribution in [1.29, 1.82) is 0 Å². The second kappa shape index (κ2) is 17.4. The standard InChI is InChI=1S/C9H14N4O.C8H10ClN5.C7H9FN2O2.C6H10N4O/c1-6(2)13-5-12-8-7(14)3-10-4-11-9(8)13;1-4(2)14-3-11-5-6(10)12-8(9)13-7(5)14;1-4(2)10-3-5(8)6(11)9-7(10)12;1-4(2)10-3-8-5(7)9-6(10)11/h4-7,14H,3H2,1-2H3,(H,10,11);3-4H,1-2H3,(H2,10,12,13);3-4H,1-2H3,(H,9,11,12);3-4H,1-2H3,(H2,7,9,11)/t7-;;;/m1.../s1. The van der Waals surface area contributed by atoms with Gasteiger partial charge in [0, 0.05) is 24.2 Å². The summed E-state index contributed by atoms with van der Waals surface area (Å²) in [5.74, 6) is 0.239. The molecule has 1 aliphatic heterocycles. The van der Waals surface area contributed by atoms with E-state index in [1.165, 1.54) is 10.9 Å². The van der Waals surface area contributed by atoms with Crippen molar-refractivity contribution < 1.29 is 9.50 Å². The summed E-state index contributed by atoms with van der Waals surface area (Å²) in [5, 5.41) is 12.9. The van der Waals surface area contributed by atoms with Crippen LogP contribution in [-0.4, -0.2) is 71.1 Å². The van der Waals surface area contributed by atoms with Gasteiger partial charge >= 0.3 is 11.4 Å². The molecule has 0 aromatic carbocycles. The fraction of sp³-hybridized carbons (Fsp3) is 0.467. The quantitative estimate of drug-likeness (QED) is 0.167. The van der Waals surface area contributed by atoms with E-state index >= 15 is 0 Å². The predicted molar refractivity (Wildman–Crippen MR) is 192 cm³/mol. The molecule has 7 N–H and O–H groups in total. The number of halogens is 2. The number of aliphatic hydroxyl groups is 1. The van der Waals surface area contributed by atoms with Gasteiger partial charge in [-0.15, -0.1) is 0 Å². The van der Waals surface area contributed by atoms with Crippen LogP contribution in [0.15, 0.2) is 44.6 Å². The maximum atomic E-state index is 12.6. The Hall–Kier alpha value is -5.50. The van der Waals surface area contributed by atoms with Crippen molar-refractivity contribution in [3.05, 3.63) is 73.3 Å². The third kappa shape index (κ3) is 10.3. The topological polar surface area (TPSA) is 261 Å². The summed E-state index contributed by atoms with van der Waals surface area (Å²) < 4.78 is 19.0. The Bertz CT molecular complexity index is 2130. The molecule has 1 aliphatic rings. The first kappa shape index (κ1) is 39.9. The summed E-state index contributed by atoms with van der Waals surface area (Å²) in [7, 11) is 0. The zero-order valence-corrected chi connectivity index (χ0v) is 30.2. The first-order valence-electron chi connectivity index (χ1n) is 15.8. The van der Waals surface area contributed by atoms with E-state index in [4.69, 9.17) is 23.1 Å². The van der Waals surface area contributed by atoms with Crippen LogP contribution in [0.25, 0.3) is 11.2 Å². The molecule has 276 valence electrons. The summed E-state index contributed by atoms with van der Waals surface area (Å²) >= 11 is 5.71. The molecule has 0 amide bonds. The molecule has 6 rings (SSSR count). The molecule has 1 atom stereocenters. The van der Waals surface area contributed by atoms with Crippen LogP contribution < -0.4 is 33.7 Å². The van der Waals surface area contributed by atoms with E-state index in [-0.39, 0.29) is 35.0 Å². The maximum absolute atomic E-state index is 12.6. The molecule has 6 heterocycles. The van der Waals surface area contributed by atoms with Gasteiger partial charge in [0.25, 0.3) is 5.56 Å². The lowest BCUT2D eigenvalue weighted by Gasteiger charge is -2.12. The van der Waals surface area contributed by atoms with Gasteiger partial charge in [-0.2, -0.15) is 19.3 Å². The van der Waals surface area contributed by atoms with Gasteiger partial charge in [0.05, 0.1) is 31.7 Å². The second-order valence-corrected chi connectivity index (χ2v) is 12.5. The van der Waals surface area contributed by atoms with Gasteiger partial charge in [0.15, 0.2) is 11.5 Å². The monoisotopic (exact) mass is 731 g/mol. The number of anilines is 3. The van der Waals surface area contributed by atoms with Crippen LogP contribution in [0.1, 0.15) is 91.4 Å². The summed E-state index contributed by atoms with van der Waals surface area (Å²) in [6.45, 7) is 15.8. The number of hydrogen-bond acceptors (Lipinski definition) is 14.